The maximum Gasteiger partial charge on any atom is 0.295 e. The van der Waals surface area contributed by atoms with Crippen molar-refractivity contribution in [3.63, 3.8) is 0 Å². The summed E-state index contributed by atoms with van der Waals surface area (Å²) < 4.78 is 5.28. The van der Waals surface area contributed by atoms with Crippen LogP contribution in [0.5, 0.6) is 5.75 Å². The first-order chi connectivity index (χ1) is 15.0. The van der Waals surface area contributed by atoms with Crippen molar-refractivity contribution in [3.05, 3.63) is 101 Å². The van der Waals surface area contributed by atoms with Gasteiger partial charge in [-0.1, -0.05) is 36.4 Å². The average molecular weight is 414 g/mol. The number of aromatic nitrogens is 1. The van der Waals surface area contributed by atoms with Gasteiger partial charge in [0.15, 0.2) is 0 Å². The topological polar surface area (TPSA) is 79.7 Å². The Morgan fingerprint density at radius 2 is 1.87 bits per heavy atom. The number of amides is 1. The van der Waals surface area contributed by atoms with E-state index in [0.29, 0.717) is 11.3 Å². The van der Waals surface area contributed by atoms with Crippen molar-refractivity contribution < 1.29 is 19.4 Å². The number of carbonyl (C=O) groups is 2. The van der Waals surface area contributed by atoms with Crippen molar-refractivity contribution in [3.8, 4) is 5.75 Å². The van der Waals surface area contributed by atoms with Crippen LogP contribution < -0.4 is 4.74 Å². The number of hydrogen-bond acceptors (Lipinski definition) is 5. The van der Waals surface area contributed by atoms with Gasteiger partial charge in [0.1, 0.15) is 11.5 Å². The summed E-state index contributed by atoms with van der Waals surface area (Å²) >= 11 is 0. The highest BCUT2D eigenvalue weighted by molar-refractivity contribution is 6.46. The van der Waals surface area contributed by atoms with Crippen molar-refractivity contribution >= 4 is 17.4 Å². The molecule has 6 nitrogen and oxygen atoms in total. The van der Waals surface area contributed by atoms with E-state index in [0.717, 1.165) is 16.7 Å². The fraction of sp³-hybridized carbons (Fsp3) is 0.160. The molecule has 6 heteroatoms. The zero-order valence-corrected chi connectivity index (χ0v) is 17.3. The molecule has 2 heterocycles. The zero-order chi connectivity index (χ0) is 22.0. The first-order valence-corrected chi connectivity index (χ1v) is 9.88. The Kier molecular flexibility index (Phi) is 5.54. The summed E-state index contributed by atoms with van der Waals surface area (Å²) in [6.07, 6.45) is 3.31. The van der Waals surface area contributed by atoms with Crippen LogP contribution in [0, 0.1) is 6.92 Å². The third-order valence-electron chi connectivity index (χ3n) is 5.40. The first kappa shape index (κ1) is 20.3. The molecule has 4 rings (SSSR count). The van der Waals surface area contributed by atoms with Gasteiger partial charge in [0.2, 0.25) is 0 Å². The van der Waals surface area contributed by atoms with Crippen molar-refractivity contribution in [1.82, 2.24) is 9.88 Å². The van der Waals surface area contributed by atoms with Crippen molar-refractivity contribution in [2.24, 2.45) is 0 Å². The Labute approximate surface area is 180 Å². The van der Waals surface area contributed by atoms with Crippen molar-refractivity contribution in [1.29, 1.82) is 0 Å². The maximum atomic E-state index is 13.1. The van der Waals surface area contributed by atoms with Gasteiger partial charge in [0.25, 0.3) is 11.7 Å². The van der Waals surface area contributed by atoms with E-state index < -0.39 is 17.7 Å². The van der Waals surface area contributed by atoms with Gasteiger partial charge in [-0.05, 0) is 47.9 Å². The summed E-state index contributed by atoms with van der Waals surface area (Å²) in [5.41, 5.74) is 2.89. The standard InChI is InChI=1S/C25H22N2O4/c1-16-13-19(10-11-20(16)31-2)23(28)21-22(18-8-4-3-5-9-18)27(25(30)24(21)29)15-17-7-6-12-26-14-17/h3-14,22,28H,15H2,1-2H3/t22-/m0/s1. The number of methoxy groups -OCH3 is 1. The second-order valence-electron chi connectivity index (χ2n) is 7.38. The van der Waals surface area contributed by atoms with Gasteiger partial charge in [-0.15, -0.1) is 0 Å². The molecule has 0 radical (unpaired) electrons. The largest absolute Gasteiger partial charge is 0.507 e. The van der Waals surface area contributed by atoms with Crippen LogP contribution in [0.15, 0.2) is 78.6 Å². The second kappa shape index (κ2) is 8.44. The SMILES string of the molecule is COc1ccc(C(O)=C2C(=O)C(=O)N(Cc3cccnc3)[C@H]2c2ccccc2)cc1C. The average Bonchev–Trinajstić information content (AvgIpc) is 3.04. The summed E-state index contributed by atoms with van der Waals surface area (Å²) in [7, 11) is 1.57. The Morgan fingerprint density at radius 3 is 2.52 bits per heavy atom. The number of aliphatic hydroxyl groups is 1. The van der Waals surface area contributed by atoms with Crippen LogP contribution in [0.4, 0.5) is 0 Å². The summed E-state index contributed by atoms with van der Waals surface area (Å²) in [6, 6.07) is 17.3. The summed E-state index contributed by atoms with van der Waals surface area (Å²) in [4.78, 5) is 31.6. The smallest absolute Gasteiger partial charge is 0.295 e. The summed E-state index contributed by atoms with van der Waals surface area (Å²) in [6.45, 7) is 2.06. The molecule has 1 N–H and O–H groups in total. The fourth-order valence-corrected chi connectivity index (χ4v) is 3.89. The predicted octanol–water partition coefficient (Wildman–Crippen LogP) is 4.02. The molecule has 1 atom stereocenters. The van der Waals surface area contributed by atoms with Crippen molar-refractivity contribution in [2.75, 3.05) is 7.11 Å². The quantitative estimate of drug-likeness (QED) is 0.388. The Bertz CT molecular complexity index is 1160. The molecule has 1 saturated heterocycles. The Balaban J connectivity index is 1.85. The lowest BCUT2D eigenvalue weighted by Gasteiger charge is -2.25. The van der Waals surface area contributed by atoms with Gasteiger partial charge in [-0.25, -0.2) is 0 Å². The Morgan fingerprint density at radius 1 is 1.10 bits per heavy atom. The van der Waals surface area contributed by atoms with Gasteiger partial charge in [-0.3, -0.25) is 14.6 Å². The number of Topliss-reactive ketones (excluding diaryl/α,β-unsaturated/α-hetero) is 1. The summed E-state index contributed by atoms with van der Waals surface area (Å²) in [5, 5.41) is 11.1. The molecule has 0 spiro atoms. The van der Waals surface area contributed by atoms with E-state index in [1.165, 1.54) is 4.90 Å². The Hall–Kier alpha value is -3.93. The molecule has 0 aliphatic carbocycles. The van der Waals surface area contributed by atoms with E-state index in [-0.39, 0.29) is 17.9 Å². The number of ether oxygens (including phenoxy) is 1. The van der Waals surface area contributed by atoms with Gasteiger partial charge >= 0.3 is 0 Å². The molecular formula is C25H22N2O4. The number of aliphatic hydroxyl groups excluding tert-OH is 1. The van der Waals surface area contributed by atoms with Gasteiger partial charge in [-0.2, -0.15) is 0 Å². The minimum atomic E-state index is -0.705. The molecule has 1 aliphatic heterocycles. The number of ketones is 1. The van der Waals surface area contributed by atoms with E-state index in [4.69, 9.17) is 4.74 Å². The van der Waals surface area contributed by atoms with Gasteiger partial charge < -0.3 is 14.7 Å². The number of benzene rings is 2. The molecule has 0 bridgehead atoms. The molecule has 1 fully saturated rings. The third kappa shape index (κ3) is 3.80. The van der Waals surface area contributed by atoms with Crippen LogP contribution >= 0.6 is 0 Å². The molecule has 0 saturated carbocycles. The molecule has 1 amide bonds. The van der Waals surface area contributed by atoms with E-state index in [1.54, 1.807) is 43.8 Å². The molecule has 31 heavy (non-hydrogen) atoms. The highest BCUT2D eigenvalue weighted by Crippen LogP contribution is 2.40. The number of hydrogen-bond donors (Lipinski definition) is 1. The fourth-order valence-electron chi connectivity index (χ4n) is 3.89. The van der Waals surface area contributed by atoms with E-state index in [1.807, 2.05) is 43.3 Å². The normalized spacial score (nSPS) is 17.7. The lowest BCUT2D eigenvalue weighted by Crippen LogP contribution is -2.29. The van der Waals surface area contributed by atoms with Gasteiger partial charge in [0.05, 0.1) is 18.7 Å². The van der Waals surface area contributed by atoms with Crippen LogP contribution in [0.1, 0.15) is 28.3 Å². The number of aryl methyl sites for hydroxylation is 1. The first-order valence-electron chi connectivity index (χ1n) is 9.88. The van der Waals surface area contributed by atoms with Crippen molar-refractivity contribution in [2.45, 2.75) is 19.5 Å². The molecule has 0 unspecified atom stereocenters. The summed E-state index contributed by atoms with van der Waals surface area (Å²) in [5.74, 6) is -0.881. The third-order valence-corrected chi connectivity index (χ3v) is 5.40. The van der Waals surface area contributed by atoms with Crippen LogP contribution in [-0.4, -0.2) is 33.8 Å². The molecule has 1 aromatic heterocycles. The molecule has 2 aromatic carbocycles. The van der Waals surface area contributed by atoms with Gasteiger partial charge in [0, 0.05) is 24.5 Å². The van der Waals surface area contributed by atoms with Crippen LogP contribution in [0.3, 0.4) is 0 Å². The van der Waals surface area contributed by atoms with Crippen LogP contribution in [0.25, 0.3) is 5.76 Å². The van der Waals surface area contributed by atoms with Crippen LogP contribution in [0.2, 0.25) is 0 Å². The number of rotatable bonds is 5. The number of pyridine rings is 1. The van der Waals surface area contributed by atoms with E-state index >= 15 is 0 Å². The molecule has 3 aromatic rings. The molecular weight excluding hydrogens is 392 g/mol. The zero-order valence-electron chi connectivity index (χ0n) is 17.3. The predicted molar refractivity (Wildman–Crippen MR) is 116 cm³/mol. The van der Waals surface area contributed by atoms with E-state index in [9.17, 15) is 14.7 Å². The second-order valence-corrected chi connectivity index (χ2v) is 7.38. The maximum absolute atomic E-state index is 13.1. The van der Waals surface area contributed by atoms with Crippen LogP contribution in [-0.2, 0) is 16.1 Å². The highest BCUT2D eigenvalue weighted by atomic mass is 16.5. The molecule has 1 aliphatic rings. The number of nitrogens with zero attached hydrogens (tertiary/aromatic N) is 2. The molecule has 156 valence electrons. The number of likely N-dealkylation sites (tertiary alicyclic amines) is 1. The minimum Gasteiger partial charge on any atom is -0.507 e. The monoisotopic (exact) mass is 414 g/mol. The lowest BCUT2D eigenvalue weighted by atomic mass is 9.94. The minimum absolute atomic E-state index is 0.0738. The van der Waals surface area contributed by atoms with E-state index in [2.05, 4.69) is 4.98 Å². The lowest BCUT2D eigenvalue weighted by molar-refractivity contribution is -0.140. The number of carbonyl (C=O) groups excluding carboxylic acids is 2. The highest BCUT2D eigenvalue weighted by Gasteiger charge is 2.46.